The van der Waals surface area contributed by atoms with E-state index in [0.29, 0.717) is 0 Å². The summed E-state index contributed by atoms with van der Waals surface area (Å²) in [5, 5.41) is 2.23. The van der Waals surface area contributed by atoms with Gasteiger partial charge >= 0.3 is 0 Å². The molecule has 1 aromatic carbocycles. The Bertz CT molecular complexity index is 512. The minimum atomic E-state index is -0.169. The Morgan fingerprint density at radius 2 is 2.29 bits per heavy atom. The number of hydrogen-bond acceptors (Lipinski definition) is 2. The minimum Gasteiger partial charge on any atom is -0.326 e. The fourth-order valence-corrected chi connectivity index (χ4v) is 3.06. The number of nitrogens with zero attached hydrogens (tertiary/aromatic N) is 1. The van der Waals surface area contributed by atoms with Crippen LogP contribution in [0.1, 0.15) is 38.2 Å². The van der Waals surface area contributed by atoms with Crippen LogP contribution in [0.25, 0.3) is 0 Å². The van der Waals surface area contributed by atoms with Crippen LogP contribution < -0.4 is 5.43 Å². The highest BCUT2D eigenvalue weighted by atomic mass is 19.1. The second kappa shape index (κ2) is 6.90. The lowest BCUT2D eigenvalue weighted by atomic mass is 9.81. The normalized spacial score (nSPS) is 22.8. The monoisotopic (exact) mass is 288 g/mol. The average molecular weight is 288 g/mol. The third-order valence-electron chi connectivity index (χ3n) is 4.50. The van der Waals surface area contributed by atoms with Crippen LogP contribution in [0.15, 0.2) is 49.2 Å². The lowest BCUT2D eigenvalue weighted by Gasteiger charge is -2.46. The van der Waals surface area contributed by atoms with Gasteiger partial charge in [0, 0.05) is 12.7 Å². The number of halogens is 1. The van der Waals surface area contributed by atoms with Crippen LogP contribution in [0.4, 0.5) is 4.39 Å². The lowest BCUT2D eigenvalue weighted by molar-refractivity contribution is 0.0530. The second-order valence-electron chi connectivity index (χ2n) is 5.95. The Kier molecular flexibility index (Phi) is 5.18. The highest BCUT2D eigenvalue weighted by molar-refractivity contribution is 5.21. The molecule has 2 nitrogen and oxygen atoms in total. The van der Waals surface area contributed by atoms with E-state index >= 15 is 0 Å². The molecule has 0 aliphatic carbocycles. The van der Waals surface area contributed by atoms with Gasteiger partial charge in [-0.2, -0.15) is 0 Å². The summed E-state index contributed by atoms with van der Waals surface area (Å²) in [6.07, 6.45) is 6.92. The molecule has 2 rings (SSSR count). The summed E-state index contributed by atoms with van der Waals surface area (Å²) in [7, 11) is 0. The number of rotatable bonds is 6. The molecule has 3 heteroatoms. The number of piperidine rings is 1. The van der Waals surface area contributed by atoms with Gasteiger partial charge in [0.1, 0.15) is 5.82 Å². The number of hydrazine groups is 1. The molecule has 0 aromatic heterocycles. The summed E-state index contributed by atoms with van der Waals surface area (Å²) < 4.78 is 13.2. The number of aryl methyl sites for hydroxylation is 1. The van der Waals surface area contributed by atoms with Gasteiger partial charge in [-0.15, -0.1) is 0 Å². The van der Waals surface area contributed by atoms with Gasteiger partial charge in [0.2, 0.25) is 0 Å². The fourth-order valence-electron chi connectivity index (χ4n) is 3.06. The van der Waals surface area contributed by atoms with Crippen molar-refractivity contribution >= 4 is 0 Å². The molecule has 0 spiro atoms. The Labute approximate surface area is 127 Å². The first kappa shape index (κ1) is 15.8. The number of benzene rings is 1. The van der Waals surface area contributed by atoms with Gasteiger partial charge in [-0.05, 0) is 56.7 Å². The maximum Gasteiger partial charge on any atom is 0.123 e. The third-order valence-corrected chi connectivity index (χ3v) is 4.50. The molecular weight excluding hydrogens is 263 g/mol. The van der Waals surface area contributed by atoms with Crippen LogP contribution in [0.5, 0.6) is 0 Å². The standard InChI is InChI=1S/C18H25FN2/c1-4-20-21-13-6-5-12-18(21,3)15(2)10-11-16-8-7-9-17(19)14-16/h4,7-9,14,20H,1-2,5-6,10-13H2,3H3. The topological polar surface area (TPSA) is 15.3 Å². The fraction of sp³-hybridized carbons (Fsp3) is 0.444. The first-order valence-electron chi connectivity index (χ1n) is 7.63. The summed E-state index contributed by atoms with van der Waals surface area (Å²) in [5.41, 5.74) is 5.41. The molecule has 1 aliphatic rings. The van der Waals surface area contributed by atoms with Crippen molar-refractivity contribution in [3.63, 3.8) is 0 Å². The first-order chi connectivity index (χ1) is 10.1. The van der Waals surface area contributed by atoms with E-state index in [2.05, 4.69) is 30.5 Å². The van der Waals surface area contributed by atoms with Gasteiger partial charge in [-0.25, -0.2) is 9.40 Å². The third kappa shape index (κ3) is 3.73. The smallest absolute Gasteiger partial charge is 0.123 e. The van der Waals surface area contributed by atoms with Crippen molar-refractivity contribution in [2.24, 2.45) is 0 Å². The molecule has 1 heterocycles. The highest BCUT2D eigenvalue weighted by Gasteiger charge is 2.36. The summed E-state index contributed by atoms with van der Waals surface area (Å²) in [4.78, 5) is 0. The van der Waals surface area contributed by atoms with Gasteiger partial charge in [0.25, 0.3) is 0 Å². The van der Waals surface area contributed by atoms with Crippen LogP contribution in [-0.4, -0.2) is 17.1 Å². The van der Waals surface area contributed by atoms with Gasteiger partial charge in [0.05, 0.1) is 5.54 Å². The zero-order chi connectivity index (χ0) is 15.3. The van der Waals surface area contributed by atoms with Crippen LogP contribution in [0.3, 0.4) is 0 Å². The van der Waals surface area contributed by atoms with Crippen LogP contribution in [0.2, 0.25) is 0 Å². The molecular formula is C18H25FN2. The molecule has 21 heavy (non-hydrogen) atoms. The Balaban J connectivity index is 2.01. The van der Waals surface area contributed by atoms with Gasteiger partial charge in [-0.1, -0.05) is 30.9 Å². The van der Waals surface area contributed by atoms with Crippen LogP contribution in [-0.2, 0) is 6.42 Å². The quantitative estimate of drug-likeness (QED) is 0.789. The summed E-state index contributed by atoms with van der Waals surface area (Å²) in [6, 6.07) is 6.83. The number of hydrogen-bond donors (Lipinski definition) is 1. The minimum absolute atomic E-state index is 0.0558. The van der Waals surface area contributed by atoms with Crippen LogP contribution in [0, 0.1) is 5.82 Å². The predicted octanol–water partition coefficient (Wildman–Crippen LogP) is 4.21. The Morgan fingerprint density at radius 1 is 1.48 bits per heavy atom. The van der Waals surface area contributed by atoms with Crippen molar-refractivity contribution in [1.29, 1.82) is 0 Å². The zero-order valence-corrected chi connectivity index (χ0v) is 12.9. The van der Waals surface area contributed by atoms with Gasteiger partial charge in [0.15, 0.2) is 0 Å². The van der Waals surface area contributed by atoms with E-state index in [1.54, 1.807) is 18.3 Å². The molecule has 1 unspecified atom stereocenters. The van der Waals surface area contributed by atoms with E-state index < -0.39 is 0 Å². The van der Waals surface area contributed by atoms with Gasteiger partial charge < -0.3 is 5.43 Å². The Morgan fingerprint density at radius 3 is 3.00 bits per heavy atom. The molecule has 0 bridgehead atoms. The molecule has 114 valence electrons. The maximum absolute atomic E-state index is 13.2. The zero-order valence-electron chi connectivity index (χ0n) is 12.9. The van der Waals surface area contributed by atoms with E-state index in [1.807, 2.05) is 6.07 Å². The number of nitrogens with one attached hydrogen (secondary N) is 1. The van der Waals surface area contributed by atoms with Crippen molar-refractivity contribution in [3.8, 4) is 0 Å². The molecule has 1 N–H and O–H groups in total. The first-order valence-corrected chi connectivity index (χ1v) is 7.63. The predicted molar refractivity (Wildman–Crippen MR) is 86.2 cm³/mol. The molecule has 1 saturated heterocycles. The molecule has 1 atom stereocenters. The van der Waals surface area contributed by atoms with Crippen LogP contribution >= 0.6 is 0 Å². The molecule has 1 aromatic rings. The molecule has 0 radical (unpaired) electrons. The van der Waals surface area contributed by atoms with E-state index in [0.717, 1.165) is 31.4 Å². The average Bonchev–Trinajstić information content (AvgIpc) is 2.47. The molecule has 1 fully saturated rings. The molecule has 1 aliphatic heterocycles. The largest absolute Gasteiger partial charge is 0.326 e. The highest BCUT2D eigenvalue weighted by Crippen LogP contribution is 2.34. The summed E-state index contributed by atoms with van der Waals surface area (Å²) >= 11 is 0. The van der Waals surface area contributed by atoms with E-state index in [9.17, 15) is 4.39 Å². The summed E-state index contributed by atoms with van der Waals surface area (Å²) in [6.45, 7) is 11.3. The second-order valence-corrected chi connectivity index (χ2v) is 5.95. The van der Waals surface area contributed by atoms with Crippen molar-refractivity contribution in [2.75, 3.05) is 6.54 Å². The van der Waals surface area contributed by atoms with Crippen molar-refractivity contribution < 1.29 is 4.39 Å². The SMILES string of the molecule is C=CNN1CCCCC1(C)C(=C)CCc1cccc(F)c1. The molecule has 0 amide bonds. The van der Waals surface area contributed by atoms with E-state index in [1.165, 1.54) is 24.5 Å². The van der Waals surface area contributed by atoms with E-state index in [4.69, 9.17) is 0 Å². The van der Waals surface area contributed by atoms with Gasteiger partial charge in [-0.3, -0.25) is 0 Å². The maximum atomic E-state index is 13.2. The molecule has 0 saturated carbocycles. The van der Waals surface area contributed by atoms with E-state index in [-0.39, 0.29) is 11.4 Å². The van der Waals surface area contributed by atoms with Crippen molar-refractivity contribution in [2.45, 2.75) is 44.6 Å². The van der Waals surface area contributed by atoms with Crippen molar-refractivity contribution in [3.05, 3.63) is 60.6 Å². The van der Waals surface area contributed by atoms with Crippen molar-refractivity contribution in [1.82, 2.24) is 10.4 Å². The Hall–Kier alpha value is -1.61. The summed E-state index contributed by atoms with van der Waals surface area (Å²) in [5.74, 6) is -0.169. The lowest BCUT2D eigenvalue weighted by Crippen LogP contribution is -2.55.